The molecule has 0 bridgehead atoms. The van der Waals surface area contributed by atoms with Gasteiger partial charge in [0.05, 0.1) is 28.9 Å². The number of rotatable bonds is 1. The highest BCUT2D eigenvalue weighted by Gasteiger charge is 2.11. The number of furan rings is 1. The van der Waals surface area contributed by atoms with Crippen molar-refractivity contribution in [3.8, 4) is 11.3 Å². The molecule has 1 N–H and O–H groups in total. The average molecular weight is 202 g/mol. The molecule has 0 amide bonds. The van der Waals surface area contributed by atoms with Crippen LogP contribution in [0, 0.1) is 5.82 Å². The van der Waals surface area contributed by atoms with Crippen LogP contribution >= 0.6 is 0 Å². The van der Waals surface area contributed by atoms with Crippen LogP contribution in [0.1, 0.15) is 0 Å². The molecule has 0 aliphatic rings. The van der Waals surface area contributed by atoms with Gasteiger partial charge in [0.2, 0.25) is 0 Å². The molecule has 74 valence electrons. The smallest absolute Gasteiger partial charge is 0.145 e. The van der Waals surface area contributed by atoms with E-state index in [2.05, 4.69) is 10.2 Å². The second kappa shape index (κ2) is 2.95. The molecule has 0 aliphatic carbocycles. The molecule has 0 spiro atoms. The second-order valence-corrected chi connectivity index (χ2v) is 3.24. The number of fused-ring (bicyclic) bond motifs is 1. The lowest BCUT2D eigenvalue weighted by Crippen LogP contribution is -1.83. The van der Waals surface area contributed by atoms with Crippen LogP contribution in [0.5, 0.6) is 0 Å². The molecule has 0 unspecified atom stereocenters. The van der Waals surface area contributed by atoms with E-state index in [-0.39, 0.29) is 5.82 Å². The van der Waals surface area contributed by atoms with Crippen LogP contribution in [0.2, 0.25) is 0 Å². The Morgan fingerprint density at radius 3 is 3.00 bits per heavy atom. The van der Waals surface area contributed by atoms with Gasteiger partial charge in [-0.15, -0.1) is 0 Å². The van der Waals surface area contributed by atoms with E-state index in [4.69, 9.17) is 4.42 Å². The van der Waals surface area contributed by atoms with Crippen molar-refractivity contribution in [1.29, 1.82) is 0 Å². The molecule has 0 aliphatic heterocycles. The third-order valence-corrected chi connectivity index (χ3v) is 2.35. The Morgan fingerprint density at radius 2 is 2.20 bits per heavy atom. The lowest BCUT2D eigenvalue weighted by molar-refractivity contribution is 0.572. The lowest BCUT2D eigenvalue weighted by Gasteiger charge is -1.99. The highest BCUT2D eigenvalue weighted by molar-refractivity contribution is 5.84. The predicted octanol–water partition coefficient (Wildman–Crippen LogP) is 2.96. The zero-order valence-electron chi connectivity index (χ0n) is 7.70. The van der Waals surface area contributed by atoms with Crippen molar-refractivity contribution in [2.24, 2.45) is 0 Å². The standard InChI is InChI=1S/C11H7FN2O/c12-11-7(10-2-1-5-15-10)3-4-9-8(11)6-13-14-9/h1-6H,(H,13,14). The lowest BCUT2D eigenvalue weighted by atomic mass is 10.1. The summed E-state index contributed by atoms with van der Waals surface area (Å²) in [4.78, 5) is 0. The van der Waals surface area contributed by atoms with Gasteiger partial charge in [-0.25, -0.2) is 4.39 Å². The van der Waals surface area contributed by atoms with E-state index in [1.54, 1.807) is 24.3 Å². The highest BCUT2D eigenvalue weighted by atomic mass is 19.1. The van der Waals surface area contributed by atoms with Crippen molar-refractivity contribution in [3.63, 3.8) is 0 Å². The number of aromatic nitrogens is 2. The summed E-state index contributed by atoms with van der Waals surface area (Å²) in [5.41, 5.74) is 1.14. The van der Waals surface area contributed by atoms with Crippen molar-refractivity contribution < 1.29 is 8.81 Å². The molecule has 15 heavy (non-hydrogen) atoms. The van der Waals surface area contributed by atoms with Gasteiger partial charge in [0.15, 0.2) is 0 Å². The van der Waals surface area contributed by atoms with Gasteiger partial charge in [-0.2, -0.15) is 5.10 Å². The van der Waals surface area contributed by atoms with Gasteiger partial charge < -0.3 is 4.42 Å². The number of aromatic amines is 1. The van der Waals surface area contributed by atoms with E-state index < -0.39 is 0 Å². The molecule has 2 aromatic heterocycles. The molecule has 0 saturated heterocycles. The molecule has 1 aromatic carbocycles. The Kier molecular flexibility index (Phi) is 1.62. The van der Waals surface area contributed by atoms with E-state index >= 15 is 0 Å². The first kappa shape index (κ1) is 8.23. The van der Waals surface area contributed by atoms with Crippen molar-refractivity contribution in [3.05, 3.63) is 42.5 Å². The van der Waals surface area contributed by atoms with Gasteiger partial charge in [0.25, 0.3) is 0 Å². The number of benzene rings is 1. The number of H-pyrrole nitrogens is 1. The van der Waals surface area contributed by atoms with Crippen LogP contribution in [-0.4, -0.2) is 10.2 Å². The highest BCUT2D eigenvalue weighted by Crippen LogP contribution is 2.27. The molecule has 0 fully saturated rings. The fourth-order valence-electron chi connectivity index (χ4n) is 1.61. The summed E-state index contributed by atoms with van der Waals surface area (Å²) in [6.07, 6.45) is 2.99. The third-order valence-electron chi connectivity index (χ3n) is 2.35. The molecule has 0 saturated carbocycles. The van der Waals surface area contributed by atoms with Crippen LogP contribution in [0.3, 0.4) is 0 Å². The van der Waals surface area contributed by atoms with Gasteiger partial charge >= 0.3 is 0 Å². The maximum Gasteiger partial charge on any atom is 0.145 e. The Labute approximate surface area is 84.5 Å². The van der Waals surface area contributed by atoms with E-state index in [1.807, 2.05) is 0 Å². The van der Waals surface area contributed by atoms with Crippen molar-refractivity contribution in [2.45, 2.75) is 0 Å². The monoisotopic (exact) mass is 202 g/mol. The topological polar surface area (TPSA) is 41.8 Å². The van der Waals surface area contributed by atoms with Crippen molar-refractivity contribution >= 4 is 10.9 Å². The molecule has 0 atom stereocenters. The Bertz CT molecular complexity index is 598. The predicted molar refractivity (Wildman–Crippen MR) is 53.8 cm³/mol. The average Bonchev–Trinajstić information content (AvgIpc) is 2.87. The zero-order chi connectivity index (χ0) is 10.3. The van der Waals surface area contributed by atoms with Crippen LogP contribution in [0.25, 0.3) is 22.2 Å². The first-order valence-corrected chi connectivity index (χ1v) is 4.52. The van der Waals surface area contributed by atoms with E-state index in [0.29, 0.717) is 22.2 Å². The number of hydrogen-bond acceptors (Lipinski definition) is 2. The minimum absolute atomic E-state index is 0.309. The van der Waals surface area contributed by atoms with Crippen LogP contribution < -0.4 is 0 Å². The Balaban J connectivity index is 2.32. The summed E-state index contributed by atoms with van der Waals surface area (Å²) in [6.45, 7) is 0. The minimum Gasteiger partial charge on any atom is -0.464 e. The number of nitrogens with one attached hydrogen (secondary N) is 1. The fourth-order valence-corrected chi connectivity index (χ4v) is 1.61. The molecule has 0 radical (unpaired) electrons. The summed E-state index contributed by atoms with van der Waals surface area (Å²) in [5.74, 6) is 0.215. The van der Waals surface area contributed by atoms with Crippen LogP contribution in [-0.2, 0) is 0 Å². The molecule has 4 heteroatoms. The molecule has 3 rings (SSSR count). The maximum absolute atomic E-state index is 13.9. The molecular formula is C11H7FN2O. The third kappa shape index (κ3) is 1.15. The molecular weight excluding hydrogens is 195 g/mol. The van der Waals surface area contributed by atoms with Gasteiger partial charge in [-0.05, 0) is 24.3 Å². The van der Waals surface area contributed by atoms with Gasteiger partial charge in [-0.1, -0.05) is 0 Å². The number of hydrogen-bond donors (Lipinski definition) is 1. The molecule has 3 nitrogen and oxygen atoms in total. The maximum atomic E-state index is 13.9. The first-order valence-electron chi connectivity index (χ1n) is 4.52. The molecule has 2 heterocycles. The quantitative estimate of drug-likeness (QED) is 0.659. The summed E-state index contributed by atoms with van der Waals surface area (Å²) >= 11 is 0. The Hall–Kier alpha value is -2.10. The SMILES string of the molecule is Fc1c(-c2ccco2)ccc2[nH]ncc12. The normalized spacial score (nSPS) is 11.0. The van der Waals surface area contributed by atoms with Crippen LogP contribution in [0.4, 0.5) is 4.39 Å². The van der Waals surface area contributed by atoms with Crippen molar-refractivity contribution in [2.75, 3.05) is 0 Å². The van der Waals surface area contributed by atoms with Gasteiger partial charge in [0.1, 0.15) is 11.6 Å². The van der Waals surface area contributed by atoms with E-state index in [9.17, 15) is 4.39 Å². The summed E-state index contributed by atoms with van der Waals surface area (Å²) in [5, 5.41) is 6.98. The number of nitrogens with zero attached hydrogens (tertiary/aromatic N) is 1. The van der Waals surface area contributed by atoms with Gasteiger partial charge in [0, 0.05) is 0 Å². The summed E-state index contributed by atoms with van der Waals surface area (Å²) in [7, 11) is 0. The van der Waals surface area contributed by atoms with Gasteiger partial charge in [-0.3, -0.25) is 5.10 Å². The first-order chi connectivity index (χ1) is 7.36. The van der Waals surface area contributed by atoms with Crippen LogP contribution in [0.15, 0.2) is 41.1 Å². The fraction of sp³-hybridized carbons (Fsp3) is 0. The summed E-state index contributed by atoms with van der Waals surface area (Å²) in [6, 6.07) is 6.91. The van der Waals surface area contributed by atoms with Crippen molar-refractivity contribution in [1.82, 2.24) is 10.2 Å². The largest absolute Gasteiger partial charge is 0.464 e. The summed E-state index contributed by atoms with van der Waals surface area (Å²) < 4.78 is 19.1. The Morgan fingerprint density at radius 1 is 1.27 bits per heavy atom. The minimum atomic E-state index is -0.309. The van der Waals surface area contributed by atoms with E-state index in [0.717, 1.165) is 0 Å². The van der Waals surface area contributed by atoms with E-state index in [1.165, 1.54) is 12.5 Å². The number of halogens is 1. The molecule has 3 aromatic rings. The zero-order valence-corrected chi connectivity index (χ0v) is 7.70. The second-order valence-electron chi connectivity index (χ2n) is 3.24.